The number of nitrogens with one attached hydrogen (secondary N) is 1. The van der Waals surface area contributed by atoms with Crippen molar-refractivity contribution in [2.75, 3.05) is 5.32 Å². The van der Waals surface area contributed by atoms with Gasteiger partial charge in [0.1, 0.15) is 6.04 Å². The van der Waals surface area contributed by atoms with Crippen molar-refractivity contribution in [3.8, 4) is 0 Å². The van der Waals surface area contributed by atoms with Gasteiger partial charge in [-0.1, -0.05) is 26.0 Å². The number of rotatable bonds is 1. The normalized spacial score (nSPS) is 19.7. The molecule has 3 heteroatoms. The standard InChI is InChI=1S/C11H14N2O/c1-6(2)7-3-4-9-8(5-7)10(12)11(14)13-9/h3-6,10H,12H2,1-2H3,(H,13,14). The Balaban J connectivity index is 2.46. The van der Waals surface area contributed by atoms with E-state index in [1.54, 1.807) is 0 Å². The number of nitrogens with two attached hydrogens (primary N) is 1. The van der Waals surface area contributed by atoms with E-state index in [1.807, 2.05) is 18.2 Å². The molecule has 14 heavy (non-hydrogen) atoms. The predicted molar refractivity (Wildman–Crippen MR) is 56.1 cm³/mol. The molecule has 0 fully saturated rings. The highest BCUT2D eigenvalue weighted by Gasteiger charge is 2.27. The zero-order chi connectivity index (χ0) is 10.3. The molecule has 1 aliphatic heterocycles. The van der Waals surface area contributed by atoms with Crippen LogP contribution in [0.1, 0.15) is 36.9 Å². The van der Waals surface area contributed by atoms with E-state index in [1.165, 1.54) is 5.56 Å². The van der Waals surface area contributed by atoms with Crippen LogP contribution in [0.4, 0.5) is 5.69 Å². The van der Waals surface area contributed by atoms with Crippen LogP contribution in [0.3, 0.4) is 0 Å². The highest BCUT2D eigenvalue weighted by molar-refractivity contribution is 6.02. The topological polar surface area (TPSA) is 55.1 Å². The number of fused-ring (bicyclic) bond motifs is 1. The van der Waals surface area contributed by atoms with Crippen molar-refractivity contribution in [2.24, 2.45) is 5.73 Å². The third kappa shape index (κ3) is 1.30. The Hall–Kier alpha value is -1.35. The summed E-state index contributed by atoms with van der Waals surface area (Å²) in [5, 5.41) is 2.75. The van der Waals surface area contributed by atoms with E-state index in [4.69, 9.17) is 5.73 Å². The molecule has 1 aliphatic rings. The van der Waals surface area contributed by atoms with Gasteiger partial charge in [0.25, 0.3) is 0 Å². The molecule has 3 N–H and O–H groups in total. The molecule has 1 atom stereocenters. The monoisotopic (exact) mass is 190 g/mol. The largest absolute Gasteiger partial charge is 0.324 e. The van der Waals surface area contributed by atoms with Gasteiger partial charge in [-0.15, -0.1) is 0 Å². The molecule has 0 aromatic heterocycles. The number of anilines is 1. The highest BCUT2D eigenvalue weighted by atomic mass is 16.2. The number of carbonyl (C=O) groups is 1. The Morgan fingerprint density at radius 2 is 2.14 bits per heavy atom. The predicted octanol–water partition coefficient (Wildman–Crippen LogP) is 1.76. The van der Waals surface area contributed by atoms with E-state index in [-0.39, 0.29) is 5.91 Å². The first-order chi connectivity index (χ1) is 6.59. The van der Waals surface area contributed by atoms with Crippen molar-refractivity contribution < 1.29 is 4.79 Å². The maximum absolute atomic E-state index is 11.3. The summed E-state index contributed by atoms with van der Waals surface area (Å²) < 4.78 is 0. The second-order valence-electron chi connectivity index (χ2n) is 3.97. The van der Waals surface area contributed by atoms with E-state index in [2.05, 4.69) is 19.2 Å². The number of benzene rings is 1. The molecule has 0 aliphatic carbocycles. The lowest BCUT2D eigenvalue weighted by molar-refractivity contribution is -0.116. The van der Waals surface area contributed by atoms with E-state index < -0.39 is 6.04 Å². The lowest BCUT2D eigenvalue weighted by Gasteiger charge is -2.08. The van der Waals surface area contributed by atoms with Gasteiger partial charge in [0.2, 0.25) is 5.91 Å². The van der Waals surface area contributed by atoms with E-state index in [9.17, 15) is 4.79 Å². The Morgan fingerprint density at radius 3 is 2.79 bits per heavy atom. The summed E-state index contributed by atoms with van der Waals surface area (Å²) in [5.74, 6) is 0.351. The Labute approximate surface area is 83.3 Å². The van der Waals surface area contributed by atoms with Crippen LogP contribution in [0.15, 0.2) is 18.2 Å². The molecule has 1 aromatic rings. The lowest BCUT2D eigenvalue weighted by Crippen LogP contribution is -2.19. The molecule has 2 rings (SSSR count). The summed E-state index contributed by atoms with van der Waals surface area (Å²) in [4.78, 5) is 11.3. The first-order valence-electron chi connectivity index (χ1n) is 4.80. The maximum atomic E-state index is 11.3. The molecule has 74 valence electrons. The van der Waals surface area contributed by atoms with E-state index >= 15 is 0 Å². The van der Waals surface area contributed by atoms with Crippen molar-refractivity contribution >= 4 is 11.6 Å². The average Bonchev–Trinajstić information content (AvgIpc) is 2.43. The van der Waals surface area contributed by atoms with Crippen molar-refractivity contribution in [3.05, 3.63) is 29.3 Å². The van der Waals surface area contributed by atoms with Crippen LogP contribution in [-0.2, 0) is 4.79 Å². The van der Waals surface area contributed by atoms with Crippen LogP contribution in [0, 0.1) is 0 Å². The Bertz CT molecular complexity index is 385. The van der Waals surface area contributed by atoms with Gasteiger partial charge in [-0.05, 0) is 17.5 Å². The minimum absolute atomic E-state index is 0.110. The van der Waals surface area contributed by atoms with Crippen LogP contribution < -0.4 is 11.1 Å². The van der Waals surface area contributed by atoms with Gasteiger partial charge < -0.3 is 11.1 Å². The van der Waals surface area contributed by atoms with Crippen LogP contribution >= 0.6 is 0 Å². The van der Waals surface area contributed by atoms with Gasteiger partial charge in [0, 0.05) is 11.3 Å². The number of hydrogen-bond donors (Lipinski definition) is 2. The fraction of sp³-hybridized carbons (Fsp3) is 0.364. The first kappa shape index (κ1) is 9.21. The number of carbonyl (C=O) groups excluding carboxylic acids is 1. The first-order valence-corrected chi connectivity index (χ1v) is 4.80. The molecule has 3 nitrogen and oxygen atoms in total. The van der Waals surface area contributed by atoms with Crippen molar-refractivity contribution in [1.29, 1.82) is 0 Å². The molecule has 1 heterocycles. The average molecular weight is 190 g/mol. The fourth-order valence-corrected chi connectivity index (χ4v) is 1.66. The molecule has 0 bridgehead atoms. The third-order valence-corrected chi connectivity index (χ3v) is 2.62. The zero-order valence-corrected chi connectivity index (χ0v) is 8.37. The minimum Gasteiger partial charge on any atom is -0.324 e. The minimum atomic E-state index is -0.497. The summed E-state index contributed by atoms with van der Waals surface area (Å²) in [6.07, 6.45) is 0. The van der Waals surface area contributed by atoms with Crippen LogP contribution in [0.2, 0.25) is 0 Å². The van der Waals surface area contributed by atoms with Crippen LogP contribution in [0.25, 0.3) is 0 Å². The summed E-state index contributed by atoms with van der Waals surface area (Å²) in [7, 11) is 0. The summed E-state index contributed by atoms with van der Waals surface area (Å²) in [6.45, 7) is 4.24. The van der Waals surface area contributed by atoms with E-state index in [0.29, 0.717) is 5.92 Å². The van der Waals surface area contributed by atoms with Gasteiger partial charge >= 0.3 is 0 Å². The van der Waals surface area contributed by atoms with Crippen LogP contribution in [-0.4, -0.2) is 5.91 Å². The SMILES string of the molecule is CC(C)c1ccc2c(c1)C(N)C(=O)N2. The zero-order valence-electron chi connectivity index (χ0n) is 8.37. The molecule has 1 unspecified atom stereocenters. The molecule has 0 radical (unpaired) electrons. The van der Waals surface area contributed by atoms with Gasteiger partial charge in [0.15, 0.2) is 0 Å². The molecular formula is C11H14N2O. The summed E-state index contributed by atoms with van der Waals surface area (Å²) >= 11 is 0. The second-order valence-corrected chi connectivity index (χ2v) is 3.97. The molecule has 1 aromatic carbocycles. The molecule has 0 saturated heterocycles. The third-order valence-electron chi connectivity index (χ3n) is 2.62. The highest BCUT2D eigenvalue weighted by Crippen LogP contribution is 2.31. The Kier molecular flexibility index (Phi) is 2.04. The molecule has 1 amide bonds. The molecular weight excluding hydrogens is 176 g/mol. The lowest BCUT2D eigenvalue weighted by atomic mass is 9.98. The smallest absolute Gasteiger partial charge is 0.245 e. The Morgan fingerprint density at radius 1 is 1.43 bits per heavy atom. The van der Waals surface area contributed by atoms with Gasteiger partial charge in [-0.2, -0.15) is 0 Å². The molecule has 0 saturated carbocycles. The van der Waals surface area contributed by atoms with Gasteiger partial charge in [0.05, 0.1) is 0 Å². The van der Waals surface area contributed by atoms with Crippen molar-refractivity contribution in [3.63, 3.8) is 0 Å². The van der Waals surface area contributed by atoms with Gasteiger partial charge in [-0.3, -0.25) is 4.79 Å². The summed E-state index contributed by atoms with van der Waals surface area (Å²) in [5.41, 5.74) is 8.74. The van der Waals surface area contributed by atoms with Crippen molar-refractivity contribution in [2.45, 2.75) is 25.8 Å². The van der Waals surface area contributed by atoms with Crippen molar-refractivity contribution in [1.82, 2.24) is 0 Å². The second kappa shape index (κ2) is 3.10. The molecule has 0 spiro atoms. The summed E-state index contributed by atoms with van der Waals surface area (Å²) in [6, 6.07) is 5.48. The number of hydrogen-bond acceptors (Lipinski definition) is 2. The van der Waals surface area contributed by atoms with Gasteiger partial charge in [-0.25, -0.2) is 0 Å². The number of amides is 1. The van der Waals surface area contributed by atoms with E-state index in [0.717, 1.165) is 11.3 Å². The maximum Gasteiger partial charge on any atom is 0.245 e. The quantitative estimate of drug-likeness (QED) is 0.709. The fourth-order valence-electron chi connectivity index (χ4n) is 1.66. The van der Waals surface area contributed by atoms with Crippen LogP contribution in [0.5, 0.6) is 0 Å².